The van der Waals surface area contributed by atoms with Gasteiger partial charge in [-0.25, -0.2) is 8.42 Å². The molecule has 1 atom stereocenters. The van der Waals surface area contributed by atoms with Crippen LogP contribution in [0.4, 0.5) is 0 Å². The van der Waals surface area contributed by atoms with E-state index in [-0.39, 0.29) is 24.0 Å². The molecule has 1 amide bonds. The number of sulfonamides is 1. The molecule has 0 saturated heterocycles. The maximum absolute atomic E-state index is 13.4. The molecule has 0 aliphatic rings. The molecule has 174 valence electrons. The van der Waals surface area contributed by atoms with Gasteiger partial charge in [-0.2, -0.15) is 4.31 Å². The summed E-state index contributed by atoms with van der Waals surface area (Å²) < 4.78 is 33.8. The highest BCUT2D eigenvalue weighted by Crippen LogP contribution is 2.24. The first-order valence-corrected chi connectivity index (χ1v) is 12.7. The lowest BCUT2D eigenvalue weighted by atomic mass is 10.1. The number of nitrogens with one attached hydrogen (secondary N) is 1. The quantitative estimate of drug-likeness (QED) is 0.398. The molecule has 3 aromatic carbocycles. The number of halogens is 2. The van der Waals surface area contributed by atoms with Crippen molar-refractivity contribution in [2.24, 2.45) is 0 Å². The van der Waals surface area contributed by atoms with Gasteiger partial charge in [0.15, 0.2) is 0 Å². The van der Waals surface area contributed by atoms with Crippen LogP contribution in [0.15, 0.2) is 82.2 Å². The molecule has 0 aliphatic carbocycles. The van der Waals surface area contributed by atoms with Crippen LogP contribution in [0.3, 0.4) is 0 Å². The summed E-state index contributed by atoms with van der Waals surface area (Å²) in [4.78, 5) is 13.0. The zero-order valence-corrected chi connectivity index (χ0v) is 21.3. The smallest absolute Gasteiger partial charge is 0.243 e. The summed E-state index contributed by atoms with van der Waals surface area (Å²) in [7, 11) is -2.38. The van der Waals surface area contributed by atoms with Crippen molar-refractivity contribution in [2.75, 3.05) is 13.7 Å². The van der Waals surface area contributed by atoms with Crippen molar-refractivity contribution < 1.29 is 17.9 Å². The first-order valence-electron chi connectivity index (χ1n) is 10.1. The van der Waals surface area contributed by atoms with Crippen molar-refractivity contribution in [3.05, 3.63) is 93.4 Å². The van der Waals surface area contributed by atoms with Crippen molar-refractivity contribution in [3.63, 3.8) is 0 Å². The van der Waals surface area contributed by atoms with Crippen LogP contribution in [-0.4, -0.2) is 32.3 Å². The van der Waals surface area contributed by atoms with Gasteiger partial charge in [-0.05, 0) is 60.5 Å². The molecule has 0 unspecified atom stereocenters. The summed E-state index contributed by atoms with van der Waals surface area (Å²) in [5.41, 5.74) is 1.48. The highest BCUT2D eigenvalue weighted by molar-refractivity contribution is 9.10. The van der Waals surface area contributed by atoms with Crippen LogP contribution in [-0.2, 0) is 21.4 Å². The van der Waals surface area contributed by atoms with Crippen molar-refractivity contribution in [3.8, 4) is 5.75 Å². The third-order valence-electron chi connectivity index (χ3n) is 5.07. The van der Waals surface area contributed by atoms with Crippen LogP contribution in [0.1, 0.15) is 24.1 Å². The Morgan fingerprint density at radius 2 is 1.70 bits per heavy atom. The number of rotatable bonds is 9. The van der Waals surface area contributed by atoms with E-state index in [9.17, 15) is 13.2 Å². The second-order valence-electron chi connectivity index (χ2n) is 7.38. The standard InChI is InChI=1S/C24H24BrClN2O4S/c1-17(18-7-11-21(32-2)12-8-18)27-24(29)16-28(15-19-5-3-4-6-23(19)26)33(30,31)22-13-9-20(25)10-14-22/h3-14,17H,15-16H2,1-2H3,(H,27,29)/t17-/m1/s1. The van der Waals surface area contributed by atoms with E-state index in [1.165, 1.54) is 12.1 Å². The molecule has 0 aliphatic heterocycles. The van der Waals surface area contributed by atoms with Gasteiger partial charge in [-0.1, -0.05) is 57.9 Å². The van der Waals surface area contributed by atoms with Gasteiger partial charge in [0.25, 0.3) is 0 Å². The lowest BCUT2D eigenvalue weighted by Crippen LogP contribution is -2.41. The highest BCUT2D eigenvalue weighted by atomic mass is 79.9. The number of hydrogen-bond donors (Lipinski definition) is 1. The van der Waals surface area contributed by atoms with E-state index < -0.39 is 15.9 Å². The van der Waals surface area contributed by atoms with Crippen molar-refractivity contribution in [1.29, 1.82) is 0 Å². The van der Waals surface area contributed by atoms with Crippen LogP contribution in [0.2, 0.25) is 5.02 Å². The van der Waals surface area contributed by atoms with Crippen molar-refractivity contribution >= 4 is 43.5 Å². The summed E-state index contributed by atoms with van der Waals surface area (Å²) in [6.07, 6.45) is 0. The largest absolute Gasteiger partial charge is 0.497 e. The Kier molecular flexibility index (Phi) is 8.53. The molecule has 6 nitrogen and oxygen atoms in total. The minimum atomic E-state index is -3.96. The minimum Gasteiger partial charge on any atom is -0.497 e. The topological polar surface area (TPSA) is 75.7 Å². The molecular formula is C24H24BrClN2O4S. The van der Waals surface area contributed by atoms with Crippen molar-refractivity contribution in [2.45, 2.75) is 24.4 Å². The van der Waals surface area contributed by atoms with Gasteiger partial charge in [0.1, 0.15) is 5.75 Å². The number of nitrogens with zero attached hydrogens (tertiary/aromatic N) is 1. The number of benzene rings is 3. The van der Waals surface area contributed by atoms with Crippen LogP contribution in [0.25, 0.3) is 0 Å². The van der Waals surface area contributed by atoms with E-state index >= 15 is 0 Å². The summed E-state index contributed by atoms with van der Waals surface area (Å²) in [6.45, 7) is 1.44. The summed E-state index contributed by atoms with van der Waals surface area (Å²) in [5, 5.41) is 3.30. The van der Waals surface area contributed by atoms with Crippen LogP contribution in [0, 0.1) is 0 Å². The summed E-state index contributed by atoms with van der Waals surface area (Å²) >= 11 is 9.59. The van der Waals surface area contributed by atoms with Crippen LogP contribution in [0.5, 0.6) is 5.75 Å². The molecule has 0 aromatic heterocycles. The Morgan fingerprint density at radius 1 is 1.06 bits per heavy atom. The third kappa shape index (κ3) is 6.57. The molecule has 3 aromatic rings. The fraction of sp³-hybridized carbons (Fsp3) is 0.208. The first kappa shape index (κ1) is 25.2. The van der Waals surface area contributed by atoms with Crippen LogP contribution < -0.4 is 10.1 Å². The zero-order chi connectivity index (χ0) is 24.0. The number of hydrogen-bond acceptors (Lipinski definition) is 4. The maximum Gasteiger partial charge on any atom is 0.243 e. The van der Waals surface area contributed by atoms with Gasteiger partial charge >= 0.3 is 0 Å². The predicted molar refractivity (Wildman–Crippen MR) is 133 cm³/mol. The molecule has 9 heteroatoms. The van der Waals surface area contributed by atoms with Gasteiger partial charge in [0, 0.05) is 16.0 Å². The molecule has 0 fully saturated rings. The molecule has 0 saturated carbocycles. The SMILES string of the molecule is COc1ccc([C@@H](C)NC(=O)CN(Cc2ccccc2Cl)S(=O)(=O)c2ccc(Br)cc2)cc1. The first-order chi connectivity index (χ1) is 15.7. The fourth-order valence-corrected chi connectivity index (χ4v) is 5.06. The van der Waals surface area contributed by atoms with E-state index in [4.69, 9.17) is 16.3 Å². The van der Waals surface area contributed by atoms with Crippen molar-refractivity contribution in [1.82, 2.24) is 9.62 Å². The third-order valence-corrected chi connectivity index (χ3v) is 7.77. The lowest BCUT2D eigenvalue weighted by Gasteiger charge is -2.24. The molecule has 1 N–H and O–H groups in total. The van der Waals surface area contributed by atoms with E-state index in [2.05, 4.69) is 21.2 Å². The van der Waals surface area contributed by atoms with Crippen LogP contribution >= 0.6 is 27.5 Å². The van der Waals surface area contributed by atoms with E-state index in [1.807, 2.05) is 19.1 Å². The Hall–Kier alpha value is -2.39. The molecule has 33 heavy (non-hydrogen) atoms. The zero-order valence-electron chi connectivity index (χ0n) is 18.2. The number of ether oxygens (including phenoxy) is 1. The second kappa shape index (κ2) is 11.2. The summed E-state index contributed by atoms with van der Waals surface area (Å²) in [6, 6.07) is 20.2. The second-order valence-corrected chi connectivity index (χ2v) is 10.6. The number of carbonyl (C=O) groups is 1. The minimum absolute atomic E-state index is 0.0393. The molecule has 0 heterocycles. The fourth-order valence-electron chi connectivity index (χ4n) is 3.22. The average Bonchev–Trinajstić information content (AvgIpc) is 2.80. The molecule has 3 rings (SSSR count). The number of amides is 1. The molecule has 0 bridgehead atoms. The van der Waals surface area contributed by atoms with E-state index in [0.717, 1.165) is 14.3 Å². The van der Waals surface area contributed by atoms with E-state index in [0.29, 0.717) is 16.3 Å². The Morgan fingerprint density at radius 3 is 2.30 bits per heavy atom. The Labute approximate surface area is 207 Å². The van der Waals surface area contributed by atoms with Gasteiger partial charge < -0.3 is 10.1 Å². The molecule has 0 radical (unpaired) electrons. The van der Waals surface area contributed by atoms with Gasteiger partial charge in [0.2, 0.25) is 15.9 Å². The lowest BCUT2D eigenvalue weighted by molar-refractivity contribution is -0.122. The highest BCUT2D eigenvalue weighted by Gasteiger charge is 2.28. The maximum atomic E-state index is 13.4. The summed E-state index contributed by atoms with van der Waals surface area (Å²) in [5.74, 6) is 0.287. The van der Waals surface area contributed by atoms with Gasteiger partial charge in [-0.3, -0.25) is 4.79 Å². The molecular weight excluding hydrogens is 528 g/mol. The average molecular weight is 552 g/mol. The van der Waals surface area contributed by atoms with Gasteiger partial charge in [0.05, 0.1) is 24.6 Å². The van der Waals surface area contributed by atoms with Gasteiger partial charge in [-0.15, -0.1) is 0 Å². The monoisotopic (exact) mass is 550 g/mol. The number of methoxy groups -OCH3 is 1. The Bertz CT molecular complexity index is 1200. The Balaban J connectivity index is 1.83. The number of carbonyl (C=O) groups excluding carboxylic acids is 1. The predicted octanol–water partition coefficient (Wildman–Crippen LogP) is 5.18. The van der Waals surface area contributed by atoms with E-state index in [1.54, 1.807) is 55.6 Å². The molecule has 0 spiro atoms. The normalized spacial score (nSPS) is 12.4.